The van der Waals surface area contributed by atoms with E-state index in [1.165, 1.54) is 12.8 Å². The summed E-state index contributed by atoms with van der Waals surface area (Å²) in [6.45, 7) is 5.22. The van der Waals surface area contributed by atoms with Crippen LogP contribution in [0.25, 0.3) is 0 Å². The summed E-state index contributed by atoms with van der Waals surface area (Å²) >= 11 is 0. The van der Waals surface area contributed by atoms with Gasteiger partial charge in [-0.2, -0.15) is 4.98 Å². The highest BCUT2D eigenvalue weighted by Crippen LogP contribution is 2.09. The van der Waals surface area contributed by atoms with E-state index in [1.807, 2.05) is 6.92 Å². The normalized spacial score (nSPS) is 20.3. The van der Waals surface area contributed by atoms with Crippen molar-refractivity contribution in [3.05, 3.63) is 11.7 Å². The molecule has 0 amide bonds. The summed E-state index contributed by atoms with van der Waals surface area (Å²) in [5, 5.41) is 16.3. The van der Waals surface area contributed by atoms with Crippen LogP contribution in [0.5, 0.6) is 0 Å². The van der Waals surface area contributed by atoms with E-state index >= 15 is 0 Å². The van der Waals surface area contributed by atoms with Gasteiger partial charge in [0.2, 0.25) is 5.89 Å². The first-order valence-corrected chi connectivity index (χ1v) is 6.13. The Morgan fingerprint density at radius 1 is 1.59 bits per heavy atom. The number of aliphatic hydroxyl groups excluding tert-OH is 1. The molecule has 0 saturated carbocycles. The van der Waals surface area contributed by atoms with Crippen LogP contribution < -0.4 is 5.32 Å². The highest BCUT2D eigenvalue weighted by Gasteiger charge is 2.19. The van der Waals surface area contributed by atoms with E-state index in [0.717, 1.165) is 13.1 Å². The van der Waals surface area contributed by atoms with Gasteiger partial charge in [-0.05, 0) is 26.3 Å². The average Bonchev–Trinajstić information content (AvgIpc) is 2.91. The molecule has 96 valence electrons. The quantitative estimate of drug-likeness (QED) is 0.724. The molecule has 1 aromatic heterocycles. The van der Waals surface area contributed by atoms with Gasteiger partial charge in [-0.15, -0.1) is 0 Å². The summed E-state index contributed by atoms with van der Waals surface area (Å²) in [4.78, 5) is 6.33. The lowest BCUT2D eigenvalue weighted by Crippen LogP contribution is -2.38. The molecule has 0 aliphatic carbocycles. The van der Waals surface area contributed by atoms with Crippen molar-refractivity contribution in [1.29, 1.82) is 0 Å². The summed E-state index contributed by atoms with van der Waals surface area (Å²) in [6, 6.07) is 0.519. The molecule has 2 N–H and O–H groups in total. The number of aliphatic hydroxyl groups is 1. The molecule has 1 atom stereocenters. The van der Waals surface area contributed by atoms with Gasteiger partial charge in [0.15, 0.2) is 5.82 Å². The maximum atomic E-state index is 9.07. The second kappa shape index (κ2) is 6.09. The molecule has 0 spiro atoms. The molecule has 1 saturated heterocycles. The van der Waals surface area contributed by atoms with E-state index in [1.54, 1.807) is 0 Å². The summed E-state index contributed by atoms with van der Waals surface area (Å²) in [7, 11) is 0. The molecule has 0 bridgehead atoms. The number of rotatable bonds is 6. The van der Waals surface area contributed by atoms with Crippen LogP contribution in [0.4, 0.5) is 0 Å². The molecule has 1 aromatic rings. The fourth-order valence-corrected chi connectivity index (χ4v) is 2.20. The maximum absolute atomic E-state index is 9.07. The Hall–Kier alpha value is -0.980. The minimum Gasteiger partial charge on any atom is -0.395 e. The fourth-order valence-electron chi connectivity index (χ4n) is 2.20. The molecular formula is C11H20N4O2. The Bertz CT molecular complexity index is 336. The van der Waals surface area contributed by atoms with Gasteiger partial charge in [-0.3, -0.25) is 4.90 Å². The van der Waals surface area contributed by atoms with Crippen LogP contribution in [0.1, 0.15) is 24.6 Å². The average molecular weight is 240 g/mol. The standard InChI is InChI=1S/C11H20N4O2/c1-9-13-11(17-14-9)8-15(5-6-16)7-10-3-2-4-12-10/h10,12,16H,2-8H2,1H3. The summed E-state index contributed by atoms with van der Waals surface area (Å²) < 4.78 is 5.10. The van der Waals surface area contributed by atoms with Crippen LogP contribution in [0.15, 0.2) is 4.52 Å². The molecule has 17 heavy (non-hydrogen) atoms. The Kier molecular flexibility index (Phi) is 4.47. The Balaban J connectivity index is 1.87. The number of hydrogen-bond donors (Lipinski definition) is 2. The van der Waals surface area contributed by atoms with E-state index in [2.05, 4.69) is 20.4 Å². The van der Waals surface area contributed by atoms with Gasteiger partial charge in [0.25, 0.3) is 0 Å². The lowest BCUT2D eigenvalue weighted by Gasteiger charge is -2.23. The van der Waals surface area contributed by atoms with Crippen molar-refractivity contribution < 1.29 is 9.63 Å². The topological polar surface area (TPSA) is 74.4 Å². The first kappa shape index (κ1) is 12.5. The van der Waals surface area contributed by atoms with E-state index in [0.29, 0.717) is 30.8 Å². The van der Waals surface area contributed by atoms with E-state index in [-0.39, 0.29) is 6.61 Å². The zero-order valence-corrected chi connectivity index (χ0v) is 10.2. The lowest BCUT2D eigenvalue weighted by atomic mass is 10.2. The Morgan fingerprint density at radius 3 is 3.06 bits per heavy atom. The minimum atomic E-state index is 0.153. The van der Waals surface area contributed by atoms with Crippen molar-refractivity contribution in [2.24, 2.45) is 0 Å². The minimum absolute atomic E-state index is 0.153. The van der Waals surface area contributed by atoms with Crippen LogP contribution in [0.3, 0.4) is 0 Å². The predicted molar refractivity (Wildman–Crippen MR) is 62.4 cm³/mol. The summed E-state index contributed by atoms with van der Waals surface area (Å²) in [5.41, 5.74) is 0. The van der Waals surface area contributed by atoms with Crippen molar-refractivity contribution in [2.75, 3.05) is 26.2 Å². The van der Waals surface area contributed by atoms with Crippen LogP contribution >= 0.6 is 0 Å². The van der Waals surface area contributed by atoms with E-state index < -0.39 is 0 Å². The second-order valence-corrected chi connectivity index (χ2v) is 4.49. The number of aryl methyl sites for hydroxylation is 1. The lowest BCUT2D eigenvalue weighted by molar-refractivity contribution is 0.163. The monoisotopic (exact) mass is 240 g/mol. The zero-order valence-electron chi connectivity index (χ0n) is 10.2. The summed E-state index contributed by atoms with van der Waals surface area (Å²) in [5.74, 6) is 1.27. The number of aromatic nitrogens is 2. The Labute approximate surface area is 101 Å². The molecule has 1 unspecified atom stereocenters. The third-order valence-corrected chi connectivity index (χ3v) is 2.99. The predicted octanol–water partition coefficient (Wildman–Crippen LogP) is -0.0757. The highest BCUT2D eigenvalue weighted by atomic mass is 16.5. The molecule has 1 fully saturated rings. The molecule has 2 rings (SSSR count). The molecule has 0 radical (unpaired) electrons. The summed E-state index contributed by atoms with van der Waals surface area (Å²) in [6.07, 6.45) is 2.43. The third kappa shape index (κ3) is 3.76. The van der Waals surface area contributed by atoms with Crippen LogP contribution in [-0.4, -0.2) is 52.4 Å². The van der Waals surface area contributed by atoms with Gasteiger partial charge < -0.3 is 14.9 Å². The van der Waals surface area contributed by atoms with Gasteiger partial charge in [0.1, 0.15) is 0 Å². The third-order valence-electron chi connectivity index (χ3n) is 2.99. The van der Waals surface area contributed by atoms with Gasteiger partial charge >= 0.3 is 0 Å². The number of nitrogens with zero attached hydrogens (tertiary/aromatic N) is 3. The molecule has 1 aliphatic rings. The van der Waals surface area contributed by atoms with Gasteiger partial charge in [0, 0.05) is 19.1 Å². The first-order valence-electron chi connectivity index (χ1n) is 6.13. The van der Waals surface area contributed by atoms with Crippen LogP contribution in [-0.2, 0) is 6.54 Å². The first-order chi connectivity index (χ1) is 8.28. The van der Waals surface area contributed by atoms with Crippen molar-refractivity contribution in [3.63, 3.8) is 0 Å². The van der Waals surface area contributed by atoms with Crippen molar-refractivity contribution >= 4 is 0 Å². The molecule has 0 aromatic carbocycles. The van der Waals surface area contributed by atoms with Crippen LogP contribution in [0, 0.1) is 6.92 Å². The van der Waals surface area contributed by atoms with Crippen molar-refractivity contribution in [2.45, 2.75) is 32.4 Å². The van der Waals surface area contributed by atoms with Crippen LogP contribution in [0.2, 0.25) is 0 Å². The van der Waals surface area contributed by atoms with Crippen molar-refractivity contribution in [1.82, 2.24) is 20.4 Å². The SMILES string of the molecule is Cc1noc(CN(CCO)CC2CCCN2)n1. The molecule has 6 heteroatoms. The zero-order chi connectivity index (χ0) is 12.1. The van der Waals surface area contributed by atoms with Gasteiger partial charge in [-0.25, -0.2) is 0 Å². The number of hydrogen-bond acceptors (Lipinski definition) is 6. The molecule has 1 aliphatic heterocycles. The Morgan fingerprint density at radius 2 is 2.47 bits per heavy atom. The van der Waals surface area contributed by atoms with Gasteiger partial charge in [-0.1, -0.05) is 5.16 Å². The van der Waals surface area contributed by atoms with Crippen molar-refractivity contribution in [3.8, 4) is 0 Å². The molecule has 6 nitrogen and oxygen atoms in total. The fraction of sp³-hybridized carbons (Fsp3) is 0.818. The van der Waals surface area contributed by atoms with E-state index in [9.17, 15) is 0 Å². The number of nitrogens with one attached hydrogen (secondary N) is 1. The van der Waals surface area contributed by atoms with Gasteiger partial charge in [0.05, 0.1) is 13.2 Å². The maximum Gasteiger partial charge on any atom is 0.240 e. The largest absolute Gasteiger partial charge is 0.395 e. The van der Waals surface area contributed by atoms with E-state index in [4.69, 9.17) is 9.63 Å². The smallest absolute Gasteiger partial charge is 0.240 e. The second-order valence-electron chi connectivity index (χ2n) is 4.49. The highest BCUT2D eigenvalue weighted by molar-refractivity contribution is 4.85. The molecular weight excluding hydrogens is 220 g/mol. The molecule has 2 heterocycles.